The Balaban J connectivity index is 2.29. The van der Waals surface area contributed by atoms with Gasteiger partial charge in [0.05, 0.1) is 18.2 Å². The number of hydrogen-bond acceptors (Lipinski definition) is 3. The monoisotopic (exact) mass is 206 g/mol. The molecule has 1 atom stereocenters. The van der Waals surface area contributed by atoms with Crippen LogP contribution in [-0.4, -0.2) is 16.3 Å². The Labute approximate surface area is 90.9 Å². The molecule has 0 radical (unpaired) electrons. The molecule has 0 aliphatic heterocycles. The number of aromatic nitrogens is 2. The van der Waals surface area contributed by atoms with E-state index in [0.717, 1.165) is 26.1 Å². The molecule has 0 saturated heterocycles. The van der Waals surface area contributed by atoms with E-state index in [-0.39, 0.29) is 5.92 Å². The fraction of sp³-hybridized carbons (Fsp3) is 0.636. The maximum Gasteiger partial charge on any atom is 0.0666 e. The van der Waals surface area contributed by atoms with Gasteiger partial charge < -0.3 is 5.32 Å². The lowest BCUT2D eigenvalue weighted by molar-refractivity contribution is 0.593. The Kier molecular flexibility index (Phi) is 4.85. The van der Waals surface area contributed by atoms with E-state index >= 15 is 0 Å². The molecule has 0 aliphatic rings. The largest absolute Gasteiger partial charge is 0.311 e. The molecule has 0 saturated carbocycles. The van der Waals surface area contributed by atoms with E-state index in [1.54, 1.807) is 0 Å². The van der Waals surface area contributed by atoms with Gasteiger partial charge >= 0.3 is 0 Å². The van der Waals surface area contributed by atoms with Crippen LogP contribution in [0.4, 0.5) is 0 Å². The molecule has 0 amide bonds. The molecular formula is C11H18N4. The van der Waals surface area contributed by atoms with Crippen LogP contribution in [0.25, 0.3) is 0 Å². The van der Waals surface area contributed by atoms with Crippen molar-refractivity contribution in [3.05, 3.63) is 18.0 Å². The topological polar surface area (TPSA) is 53.6 Å². The van der Waals surface area contributed by atoms with Crippen LogP contribution in [0.1, 0.15) is 25.8 Å². The Morgan fingerprint density at radius 3 is 3.13 bits per heavy atom. The number of rotatable bonds is 6. The molecule has 1 N–H and O–H groups in total. The molecule has 1 rings (SSSR count). The molecular weight excluding hydrogens is 188 g/mol. The average Bonchev–Trinajstić information content (AvgIpc) is 2.66. The molecule has 4 heteroatoms. The van der Waals surface area contributed by atoms with Crippen molar-refractivity contribution in [3.63, 3.8) is 0 Å². The van der Waals surface area contributed by atoms with Gasteiger partial charge in [-0.1, -0.05) is 6.92 Å². The molecule has 1 aromatic heterocycles. The number of aryl methyl sites for hydroxylation is 1. The van der Waals surface area contributed by atoms with Crippen molar-refractivity contribution in [2.24, 2.45) is 5.92 Å². The van der Waals surface area contributed by atoms with Gasteiger partial charge in [-0.15, -0.1) is 0 Å². The molecule has 1 heterocycles. The molecule has 1 unspecified atom stereocenters. The number of nitrogens with zero attached hydrogens (tertiary/aromatic N) is 3. The SMILES string of the molecule is CCCn1cc(CNCC(C)C#N)cn1. The lowest BCUT2D eigenvalue weighted by Gasteiger charge is -2.03. The minimum Gasteiger partial charge on any atom is -0.311 e. The zero-order valence-electron chi connectivity index (χ0n) is 9.40. The zero-order valence-corrected chi connectivity index (χ0v) is 9.40. The van der Waals surface area contributed by atoms with Gasteiger partial charge in [-0.3, -0.25) is 4.68 Å². The highest BCUT2D eigenvalue weighted by molar-refractivity contribution is 5.03. The summed E-state index contributed by atoms with van der Waals surface area (Å²) < 4.78 is 1.95. The zero-order chi connectivity index (χ0) is 11.1. The van der Waals surface area contributed by atoms with E-state index in [4.69, 9.17) is 5.26 Å². The van der Waals surface area contributed by atoms with Gasteiger partial charge in [0.2, 0.25) is 0 Å². The van der Waals surface area contributed by atoms with Crippen molar-refractivity contribution in [3.8, 4) is 6.07 Å². The van der Waals surface area contributed by atoms with Gasteiger partial charge in [0.25, 0.3) is 0 Å². The van der Waals surface area contributed by atoms with Crippen LogP contribution in [0, 0.1) is 17.2 Å². The van der Waals surface area contributed by atoms with Crippen molar-refractivity contribution >= 4 is 0 Å². The highest BCUT2D eigenvalue weighted by atomic mass is 15.3. The van der Waals surface area contributed by atoms with E-state index in [0.29, 0.717) is 0 Å². The van der Waals surface area contributed by atoms with Crippen LogP contribution in [0.5, 0.6) is 0 Å². The van der Waals surface area contributed by atoms with Crippen LogP contribution in [-0.2, 0) is 13.1 Å². The Morgan fingerprint density at radius 2 is 2.47 bits per heavy atom. The maximum atomic E-state index is 8.60. The minimum atomic E-state index is 0.0655. The lowest BCUT2D eigenvalue weighted by atomic mass is 10.2. The van der Waals surface area contributed by atoms with E-state index < -0.39 is 0 Å². The summed E-state index contributed by atoms with van der Waals surface area (Å²) in [5.41, 5.74) is 1.17. The third-order valence-corrected chi connectivity index (χ3v) is 2.14. The lowest BCUT2D eigenvalue weighted by Crippen LogP contribution is -2.19. The van der Waals surface area contributed by atoms with E-state index in [1.807, 2.05) is 24.0 Å². The predicted octanol–water partition coefficient (Wildman–Crippen LogP) is 1.54. The first-order valence-electron chi connectivity index (χ1n) is 5.38. The molecule has 15 heavy (non-hydrogen) atoms. The summed E-state index contributed by atoms with van der Waals surface area (Å²) in [6.45, 7) is 6.53. The van der Waals surface area contributed by atoms with Crippen LogP contribution in [0.15, 0.2) is 12.4 Å². The second-order valence-corrected chi connectivity index (χ2v) is 3.77. The number of hydrogen-bond donors (Lipinski definition) is 1. The van der Waals surface area contributed by atoms with E-state index in [9.17, 15) is 0 Å². The van der Waals surface area contributed by atoms with Gasteiger partial charge in [0, 0.05) is 31.4 Å². The summed E-state index contributed by atoms with van der Waals surface area (Å²) in [6.07, 6.45) is 5.02. The van der Waals surface area contributed by atoms with Crippen molar-refractivity contribution in [1.82, 2.24) is 15.1 Å². The molecule has 0 bridgehead atoms. The van der Waals surface area contributed by atoms with Crippen LogP contribution in [0.2, 0.25) is 0 Å². The van der Waals surface area contributed by atoms with Crippen molar-refractivity contribution < 1.29 is 0 Å². The smallest absolute Gasteiger partial charge is 0.0666 e. The first kappa shape index (κ1) is 11.7. The fourth-order valence-corrected chi connectivity index (χ4v) is 1.33. The fourth-order valence-electron chi connectivity index (χ4n) is 1.33. The van der Waals surface area contributed by atoms with Crippen molar-refractivity contribution in [2.75, 3.05) is 6.54 Å². The molecule has 0 fully saturated rings. The number of nitriles is 1. The summed E-state index contributed by atoms with van der Waals surface area (Å²) in [4.78, 5) is 0. The first-order valence-corrected chi connectivity index (χ1v) is 5.38. The Hall–Kier alpha value is -1.34. The third kappa shape index (κ3) is 4.13. The van der Waals surface area contributed by atoms with Gasteiger partial charge in [0.1, 0.15) is 0 Å². The summed E-state index contributed by atoms with van der Waals surface area (Å²) in [6, 6.07) is 2.19. The molecule has 82 valence electrons. The maximum absolute atomic E-state index is 8.60. The third-order valence-electron chi connectivity index (χ3n) is 2.14. The normalized spacial score (nSPS) is 12.3. The highest BCUT2D eigenvalue weighted by Gasteiger charge is 2.00. The summed E-state index contributed by atoms with van der Waals surface area (Å²) >= 11 is 0. The molecule has 4 nitrogen and oxygen atoms in total. The first-order chi connectivity index (χ1) is 7.26. The summed E-state index contributed by atoms with van der Waals surface area (Å²) in [5, 5.41) is 16.1. The van der Waals surface area contributed by atoms with E-state index in [1.165, 1.54) is 5.56 Å². The summed E-state index contributed by atoms with van der Waals surface area (Å²) in [5.74, 6) is 0.0655. The summed E-state index contributed by atoms with van der Waals surface area (Å²) in [7, 11) is 0. The van der Waals surface area contributed by atoms with Crippen molar-refractivity contribution in [1.29, 1.82) is 5.26 Å². The van der Waals surface area contributed by atoms with Gasteiger partial charge in [0.15, 0.2) is 0 Å². The van der Waals surface area contributed by atoms with Crippen molar-refractivity contribution in [2.45, 2.75) is 33.4 Å². The van der Waals surface area contributed by atoms with Crippen LogP contribution >= 0.6 is 0 Å². The molecule has 0 aromatic carbocycles. The quantitative estimate of drug-likeness (QED) is 0.768. The van der Waals surface area contributed by atoms with Gasteiger partial charge in [-0.2, -0.15) is 10.4 Å². The minimum absolute atomic E-state index is 0.0655. The Morgan fingerprint density at radius 1 is 1.67 bits per heavy atom. The number of nitrogens with one attached hydrogen (secondary N) is 1. The van der Waals surface area contributed by atoms with Gasteiger partial charge in [-0.25, -0.2) is 0 Å². The molecule has 0 aliphatic carbocycles. The second kappa shape index (κ2) is 6.20. The Bertz CT molecular complexity index is 324. The standard InChI is InChI=1S/C11H18N4/c1-3-4-15-9-11(8-14-15)7-13-6-10(2)5-12/h8-10,13H,3-4,6-7H2,1-2H3. The van der Waals surface area contributed by atoms with Gasteiger partial charge in [-0.05, 0) is 13.3 Å². The predicted molar refractivity (Wildman–Crippen MR) is 59.0 cm³/mol. The highest BCUT2D eigenvalue weighted by Crippen LogP contribution is 1.98. The van der Waals surface area contributed by atoms with Crippen LogP contribution in [0.3, 0.4) is 0 Å². The van der Waals surface area contributed by atoms with Crippen LogP contribution < -0.4 is 5.32 Å². The molecule has 0 spiro atoms. The average molecular weight is 206 g/mol. The molecule has 1 aromatic rings. The van der Waals surface area contributed by atoms with E-state index in [2.05, 4.69) is 23.4 Å². The second-order valence-electron chi connectivity index (χ2n) is 3.77.